The molecule has 2 heteroatoms. The van der Waals surface area contributed by atoms with E-state index in [1.165, 1.54) is 11.0 Å². The Hall–Kier alpha value is 0.690. The lowest BCUT2D eigenvalue weighted by molar-refractivity contribution is 0.160. The predicted octanol–water partition coefficient (Wildman–Crippen LogP) is 3.92. The minimum atomic E-state index is 0.793. The maximum Gasteiger partial charge on any atom is 0.00293 e. The van der Waals surface area contributed by atoms with Gasteiger partial charge in [0.2, 0.25) is 0 Å². The van der Waals surface area contributed by atoms with Gasteiger partial charge in [0.15, 0.2) is 0 Å². The van der Waals surface area contributed by atoms with Crippen molar-refractivity contribution in [3.63, 3.8) is 0 Å². The summed E-state index contributed by atoms with van der Waals surface area (Å²) in [5.41, 5.74) is 0. The standard InChI is InChI=1S/C13H28IN/c1-7-15(6)9-13(11(4)5)12(8-14)10(2)3/h10-13H,7-9H2,1-6H3. The summed E-state index contributed by atoms with van der Waals surface area (Å²) < 4.78 is 1.29. The van der Waals surface area contributed by atoms with Gasteiger partial charge in [-0.2, -0.15) is 0 Å². The molecule has 0 bridgehead atoms. The number of halogens is 1. The molecule has 15 heavy (non-hydrogen) atoms. The van der Waals surface area contributed by atoms with Crippen molar-refractivity contribution in [2.45, 2.75) is 34.6 Å². The predicted molar refractivity (Wildman–Crippen MR) is 78.7 cm³/mol. The molecule has 0 aliphatic heterocycles. The van der Waals surface area contributed by atoms with Crippen LogP contribution in [-0.2, 0) is 0 Å². The maximum atomic E-state index is 2.55. The van der Waals surface area contributed by atoms with Crippen LogP contribution in [0.15, 0.2) is 0 Å². The van der Waals surface area contributed by atoms with E-state index in [0.717, 1.165) is 30.2 Å². The van der Waals surface area contributed by atoms with E-state index in [-0.39, 0.29) is 0 Å². The number of hydrogen-bond donors (Lipinski definition) is 0. The van der Waals surface area contributed by atoms with E-state index in [2.05, 4.69) is 69.2 Å². The maximum absolute atomic E-state index is 2.55. The van der Waals surface area contributed by atoms with Crippen molar-refractivity contribution < 1.29 is 0 Å². The summed E-state index contributed by atoms with van der Waals surface area (Å²) in [6.07, 6.45) is 0. The Morgan fingerprint density at radius 1 is 1.00 bits per heavy atom. The smallest absolute Gasteiger partial charge is 0.00293 e. The summed E-state index contributed by atoms with van der Waals surface area (Å²) in [5.74, 6) is 3.30. The summed E-state index contributed by atoms with van der Waals surface area (Å²) in [6.45, 7) is 14.1. The van der Waals surface area contributed by atoms with E-state index in [1.54, 1.807) is 0 Å². The molecule has 0 saturated carbocycles. The molecule has 0 rings (SSSR count). The molecule has 0 aromatic carbocycles. The van der Waals surface area contributed by atoms with Crippen LogP contribution in [0.3, 0.4) is 0 Å². The van der Waals surface area contributed by atoms with Crippen LogP contribution in [0.5, 0.6) is 0 Å². The van der Waals surface area contributed by atoms with Crippen LogP contribution in [-0.4, -0.2) is 29.5 Å². The van der Waals surface area contributed by atoms with E-state index in [0.29, 0.717) is 0 Å². The van der Waals surface area contributed by atoms with Gasteiger partial charge in [0.05, 0.1) is 0 Å². The van der Waals surface area contributed by atoms with E-state index < -0.39 is 0 Å². The second-order valence-corrected chi connectivity index (χ2v) is 6.21. The van der Waals surface area contributed by atoms with Crippen molar-refractivity contribution in [2.24, 2.45) is 23.7 Å². The van der Waals surface area contributed by atoms with Crippen molar-refractivity contribution in [1.82, 2.24) is 4.90 Å². The zero-order valence-electron chi connectivity index (χ0n) is 11.3. The van der Waals surface area contributed by atoms with Gasteiger partial charge in [-0.1, -0.05) is 57.2 Å². The largest absolute Gasteiger partial charge is 0.306 e. The Morgan fingerprint density at radius 2 is 1.47 bits per heavy atom. The molecule has 0 aliphatic carbocycles. The zero-order valence-corrected chi connectivity index (χ0v) is 13.4. The molecule has 0 fully saturated rings. The van der Waals surface area contributed by atoms with Crippen LogP contribution in [0.4, 0.5) is 0 Å². The molecular formula is C13H28IN. The molecule has 1 nitrogen and oxygen atoms in total. The van der Waals surface area contributed by atoms with Gasteiger partial charge in [0.25, 0.3) is 0 Å². The average Bonchev–Trinajstić information content (AvgIpc) is 2.16. The van der Waals surface area contributed by atoms with Gasteiger partial charge in [0, 0.05) is 11.0 Å². The van der Waals surface area contributed by atoms with Crippen molar-refractivity contribution in [3.8, 4) is 0 Å². The monoisotopic (exact) mass is 325 g/mol. The highest BCUT2D eigenvalue weighted by Gasteiger charge is 2.26. The van der Waals surface area contributed by atoms with Crippen LogP contribution in [0.2, 0.25) is 0 Å². The molecule has 0 N–H and O–H groups in total. The Labute approximate surface area is 110 Å². The molecular weight excluding hydrogens is 297 g/mol. The number of rotatable bonds is 7. The number of hydrogen-bond acceptors (Lipinski definition) is 1. The molecule has 0 amide bonds. The fourth-order valence-electron chi connectivity index (χ4n) is 2.12. The van der Waals surface area contributed by atoms with Crippen LogP contribution in [0.1, 0.15) is 34.6 Å². The molecule has 0 radical (unpaired) electrons. The molecule has 92 valence electrons. The summed E-state index contributed by atoms with van der Waals surface area (Å²) in [6, 6.07) is 0. The van der Waals surface area contributed by atoms with Crippen LogP contribution < -0.4 is 0 Å². The topological polar surface area (TPSA) is 3.24 Å². The van der Waals surface area contributed by atoms with Crippen LogP contribution in [0.25, 0.3) is 0 Å². The molecule has 0 heterocycles. The highest BCUT2D eigenvalue weighted by molar-refractivity contribution is 14.1. The fraction of sp³-hybridized carbons (Fsp3) is 1.00. The van der Waals surface area contributed by atoms with Gasteiger partial charge in [-0.25, -0.2) is 0 Å². The summed E-state index contributed by atoms with van der Waals surface area (Å²) in [7, 11) is 2.24. The molecule has 0 aromatic rings. The Morgan fingerprint density at radius 3 is 1.73 bits per heavy atom. The van der Waals surface area contributed by atoms with Gasteiger partial charge < -0.3 is 4.90 Å². The van der Waals surface area contributed by atoms with Crippen molar-refractivity contribution in [1.29, 1.82) is 0 Å². The third kappa shape index (κ3) is 5.53. The third-order valence-electron chi connectivity index (χ3n) is 3.50. The number of nitrogens with zero attached hydrogens (tertiary/aromatic N) is 1. The molecule has 0 saturated heterocycles. The van der Waals surface area contributed by atoms with Gasteiger partial charge in [0.1, 0.15) is 0 Å². The molecule has 0 aliphatic rings. The van der Waals surface area contributed by atoms with Gasteiger partial charge in [-0.15, -0.1) is 0 Å². The van der Waals surface area contributed by atoms with Crippen molar-refractivity contribution in [2.75, 3.05) is 24.6 Å². The first kappa shape index (κ1) is 15.7. The minimum absolute atomic E-state index is 0.793. The lowest BCUT2D eigenvalue weighted by Crippen LogP contribution is -2.36. The first-order valence-electron chi connectivity index (χ1n) is 6.18. The fourth-order valence-corrected chi connectivity index (χ4v) is 3.79. The number of alkyl halides is 1. The SMILES string of the molecule is CCN(C)CC(C(C)C)C(CI)C(C)C. The third-order valence-corrected chi connectivity index (χ3v) is 4.52. The van der Waals surface area contributed by atoms with Crippen molar-refractivity contribution in [3.05, 3.63) is 0 Å². The summed E-state index contributed by atoms with van der Waals surface area (Å²) >= 11 is 2.55. The van der Waals surface area contributed by atoms with Gasteiger partial charge in [-0.3, -0.25) is 0 Å². The van der Waals surface area contributed by atoms with Crippen molar-refractivity contribution >= 4 is 22.6 Å². The van der Waals surface area contributed by atoms with Gasteiger partial charge in [-0.05, 0) is 37.3 Å². The van der Waals surface area contributed by atoms with E-state index >= 15 is 0 Å². The summed E-state index contributed by atoms with van der Waals surface area (Å²) in [5, 5.41) is 0. The quantitative estimate of drug-likeness (QED) is 0.507. The molecule has 2 atom stereocenters. The molecule has 2 unspecified atom stereocenters. The Kier molecular flexibility index (Phi) is 8.24. The molecule has 0 aromatic heterocycles. The van der Waals surface area contributed by atoms with Crippen LogP contribution >= 0.6 is 22.6 Å². The van der Waals surface area contributed by atoms with E-state index in [4.69, 9.17) is 0 Å². The zero-order chi connectivity index (χ0) is 12.0. The lowest BCUT2D eigenvalue weighted by atomic mass is 9.78. The van der Waals surface area contributed by atoms with Gasteiger partial charge >= 0.3 is 0 Å². The molecule has 0 spiro atoms. The second kappa shape index (κ2) is 7.88. The van der Waals surface area contributed by atoms with E-state index in [9.17, 15) is 0 Å². The first-order valence-corrected chi connectivity index (χ1v) is 7.71. The Bertz CT molecular complexity index is 157. The lowest BCUT2D eigenvalue weighted by Gasteiger charge is -2.34. The average molecular weight is 325 g/mol. The highest BCUT2D eigenvalue weighted by Crippen LogP contribution is 2.29. The van der Waals surface area contributed by atoms with Crippen LogP contribution in [0, 0.1) is 23.7 Å². The second-order valence-electron chi connectivity index (χ2n) is 5.32. The minimum Gasteiger partial charge on any atom is -0.306 e. The highest BCUT2D eigenvalue weighted by atomic mass is 127. The van der Waals surface area contributed by atoms with E-state index in [1.807, 2.05) is 0 Å². The summed E-state index contributed by atoms with van der Waals surface area (Å²) in [4.78, 5) is 2.45. The Balaban J connectivity index is 4.48. The first-order chi connectivity index (χ1) is 6.93. The normalized spacial score (nSPS) is 16.4.